The van der Waals surface area contributed by atoms with E-state index in [1.807, 2.05) is 0 Å². The molecule has 54 valence electrons. The molecule has 0 saturated carbocycles. The second-order valence-electron chi connectivity index (χ2n) is 1.43. The number of hydrogen-bond donors (Lipinski definition) is 1. The minimum absolute atomic E-state index is 0.617. The molecule has 3 heteroatoms. The van der Waals surface area contributed by atoms with Gasteiger partial charge >= 0.3 is 5.97 Å². The highest BCUT2D eigenvalue weighted by atomic mass is 16.5. The van der Waals surface area contributed by atoms with Crippen molar-refractivity contribution in [3.05, 3.63) is 30.4 Å². The van der Waals surface area contributed by atoms with Crippen LogP contribution in [0.3, 0.4) is 0 Å². The smallest absolute Gasteiger partial charge is 0.378 e. The van der Waals surface area contributed by atoms with Crippen molar-refractivity contribution in [2.75, 3.05) is 0 Å². The van der Waals surface area contributed by atoms with Gasteiger partial charge in [0.15, 0.2) is 5.76 Å². The maximum absolute atomic E-state index is 10.4. The average Bonchev–Trinajstić information content (AvgIpc) is 1.88. The van der Waals surface area contributed by atoms with E-state index in [9.17, 15) is 4.79 Å². The van der Waals surface area contributed by atoms with Crippen LogP contribution in [0, 0.1) is 0 Å². The summed E-state index contributed by atoms with van der Waals surface area (Å²) in [6.45, 7) is 4.68. The monoisotopic (exact) mass is 140 g/mol. The minimum Gasteiger partial charge on any atom is -0.502 e. The molecule has 0 aromatic rings. The molecule has 1 N–H and O–H groups in total. The largest absolute Gasteiger partial charge is 0.502 e. The standard InChI is InChI=1S/C7H8O3/c1-3-4-5-10-7(9)6(2)8/h3,5,8H,2H2,1H3. The number of carbonyl (C=O) groups excluding carboxylic acids is 1. The van der Waals surface area contributed by atoms with E-state index in [4.69, 9.17) is 5.11 Å². The number of esters is 1. The van der Waals surface area contributed by atoms with Crippen molar-refractivity contribution >= 4 is 5.97 Å². The zero-order chi connectivity index (χ0) is 7.98. The number of allylic oxidation sites excluding steroid dienone is 1. The van der Waals surface area contributed by atoms with E-state index in [0.29, 0.717) is 0 Å². The number of aliphatic hydroxyl groups is 1. The van der Waals surface area contributed by atoms with E-state index in [-0.39, 0.29) is 0 Å². The van der Waals surface area contributed by atoms with Gasteiger partial charge in [-0.2, -0.15) is 0 Å². The Kier molecular flexibility index (Phi) is 3.76. The van der Waals surface area contributed by atoms with E-state index in [2.05, 4.69) is 17.0 Å². The fourth-order valence-corrected chi connectivity index (χ4v) is 0.224. The quantitative estimate of drug-likeness (QED) is 0.272. The third kappa shape index (κ3) is 3.52. The first kappa shape index (κ1) is 8.53. The lowest BCUT2D eigenvalue weighted by Crippen LogP contribution is -2.00. The molecule has 3 nitrogen and oxygen atoms in total. The minimum atomic E-state index is -0.866. The van der Waals surface area contributed by atoms with Crippen LogP contribution in [-0.4, -0.2) is 11.1 Å². The maximum atomic E-state index is 10.4. The van der Waals surface area contributed by atoms with E-state index in [1.54, 1.807) is 13.0 Å². The van der Waals surface area contributed by atoms with Crippen LogP contribution in [0.5, 0.6) is 0 Å². The van der Waals surface area contributed by atoms with Crippen LogP contribution in [0.25, 0.3) is 0 Å². The Morgan fingerprint density at radius 2 is 2.40 bits per heavy atom. The number of aliphatic hydroxyl groups excluding tert-OH is 1. The Hall–Kier alpha value is -1.47. The van der Waals surface area contributed by atoms with Crippen LogP contribution < -0.4 is 0 Å². The van der Waals surface area contributed by atoms with Crippen LogP contribution in [0.2, 0.25) is 0 Å². The molecular formula is C7H8O3. The Bertz CT molecular complexity index is 197. The number of ether oxygens (including phenoxy) is 1. The van der Waals surface area contributed by atoms with Gasteiger partial charge in [-0.05, 0) is 19.6 Å². The normalized spacial score (nSPS) is 7.30. The zero-order valence-corrected chi connectivity index (χ0v) is 5.63. The van der Waals surface area contributed by atoms with Crippen molar-refractivity contribution in [1.82, 2.24) is 0 Å². The molecule has 0 atom stereocenters. The van der Waals surface area contributed by atoms with Gasteiger partial charge in [0.05, 0.1) is 0 Å². The number of rotatable bonds is 2. The molecule has 10 heavy (non-hydrogen) atoms. The summed E-state index contributed by atoms with van der Waals surface area (Å²) in [5, 5.41) is 8.39. The first-order valence-electron chi connectivity index (χ1n) is 2.63. The lowest BCUT2D eigenvalue weighted by atomic mass is 10.6. The summed E-state index contributed by atoms with van der Waals surface area (Å²) in [6, 6.07) is 0. The van der Waals surface area contributed by atoms with E-state index in [0.717, 1.165) is 6.26 Å². The zero-order valence-electron chi connectivity index (χ0n) is 5.63. The summed E-state index contributed by atoms with van der Waals surface area (Å²) in [4.78, 5) is 10.4. The molecule has 0 heterocycles. The predicted molar refractivity (Wildman–Crippen MR) is 36.2 cm³/mol. The molecule has 0 unspecified atom stereocenters. The van der Waals surface area contributed by atoms with Gasteiger partial charge in [-0.1, -0.05) is 5.73 Å². The second-order valence-corrected chi connectivity index (χ2v) is 1.43. The van der Waals surface area contributed by atoms with Gasteiger partial charge in [0.25, 0.3) is 0 Å². The first-order chi connectivity index (χ1) is 4.68. The molecule has 0 spiro atoms. The molecule has 0 aliphatic rings. The maximum Gasteiger partial charge on any atom is 0.378 e. The Labute approximate surface area is 58.9 Å². The first-order valence-corrected chi connectivity index (χ1v) is 2.63. The molecule has 0 amide bonds. The summed E-state index contributed by atoms with van der Waals surface area (Å²) >= 11 is 0. The van der Waals surface area contributed by atoms with Crippen LogP contribution in [-0.2, 0) is 9.53 Å². The third-order valence-corrected chi connectivity index (χ3v) is 0.636. The lowest BCUT2D eigenvalue weighted by molar-refractivity contribution is -0.136. The van der Waals surface area contributed by atoms with E-state index in [1.165, 1.54) is 0 Å². The second kappa shape index (κ2) is 4.41. The number of hydrogen-bond acceptors (Lipinski definition) is 3. The summed E-state index contributed by atoms with van der Waals surface area (Å²) in [5.41, 5.74) is 2.49. The number of carbonyl (C=O) groups is 1. The molecule has 0 radical (unpaired) electrons. The molecular weight excluding hydrogens is 132 g/mol. The highest BCUT2D eigenvalue weighted by Gasteiger charge is 2.01. The molecule has 0 saturated heterocycles. The van der Waals surface area contributed by atoms with Crippen molar-refractivity contribution in [2.24, 2.45) is 0 Å². The van der Waals surface area contributed by atoms with Gasteiger partial charge < -0.3 is 9.84 Å². The molecule has 0 rings (SSSR count). The van der Waals surface area contributed by atoms with E-state index < -0.39 is 11.7 Å². The van der Waals surface area contributed by atoms with Gasteiger partial charge in [-0.3, -0.25) is 0 Å². The van der Waals surface area contributed by atoms with Gasteiger partial charge in [0.2, 0.25) is 0 Å². The Morgan fingerprint density at radius 3 is 2.80 bits per heavy atom. The fourth-order valence-electron chi connectivity index (χ4n) is 0.224. The molecule has 0 fully saturated rings. The van der Waals surface area contributed by atoms with E-state index >= 15 is 0 Å². The van der Waals surface area contributed by atoms with Crippen LogP contribution in [0.1, 0.15) is 6.92 Å². The summed E-state index contributed by atoms with van der Waals surface area (Å²) < 4.78 is 4.29. The van der Waals surface area contributed by atoms with Gasteiger partial charge in [-0.15, -0.1) is 0 Å². The van der Waals surface area contributed by atoms with Crippen LogP contribution >= 0.6 is 0 Å². The molecule has 0 aromatic heterocycles. The summed E-state index contributed by atoms with van der Waals surface area (Å²) in [5.74, 6) is -1.48. The van der Waals surface area contributed by atoms with Crippen molar-refractivity contribution < 1.29 is 14.6 Å². The highest BCUT2D eigenvalue weighted by Crippen LogP contribution is 1.87. The average molecular weight is 140 g/mol. The van der Waals surface area contributed by atoms with Crippen molar-refractivity contribution in [3.8, 4) is 0 Å². The van der Waals surface area contributed by atoms with Gasteiger partial charge in [0, 0.05) is 0 Å². The van der Waals surface area contributed by atoms with Crippen LogP contribution in [0.15, 0.2) is 30.4 Å². The molecule has 0 aromatic carbocycles. The Balaban J connectivity index is 3.82. The topological polar surface area (TPSA) is 46.5 Å². The Morgan fingerprint density at radius 1 is 1.80 bits per heavy atom. The SMILES string of the molecule is C=C(O)C(=O)OC=C=CC. The summed E-state index contributed by atoms with van der Waals surface area (Å²) in [6.07, 6.45) is 2.61. The lowest BCUT2D eigenvalue weighted by Gasteiger charge is -1.91. The predicted octanol–water partition coefficient (Wildman–Crippen LogP) is 1.29. The summed E-state index contributed by atoms with van der Waals surface area (Å²) in [7, 11) is 0. The van der Waals surface area contributed by atoms with Gasteiger partial charge in [-0.25, -0.2) is 4.79 Å². The third-order valence-electron chi connectivity index (χ3n) is 0.636. The molecule has 0 aliphatic carbocycles. The molecule has 0 bridgehead atoms. The van der Waals surface area contributed by atoms with Crippen molar-refractivity contribution in [2.45, 2.75) is 6.92 Å². The van der Waals surface area contributed by atoms with Crippen molar-refractivity contribution in [3.63, 3.8) is 0 Å². The fraction of sp³-hybridized carbons (Fsp3) is 0.143. The molecule has 0 aliphatic heterocycles. The van der Waals surface area contributed by atoms with Crippen molar-refractivity contribution in [1.29, 1.82) is 0 Å². The van der Waals surface area contributed by atoms with Crippen LogP contribution in [0.4, 0.5) is 0 Å². The van der Waals surface area contributed by atoms with Gasteiger partial charge in [0.1, 0.15) is 6.26 Å². The highest BCUT2D eigenvalue weighted by molar-refractivity contribution is 5.85.